The molecule has 1 aromatic rings. The maximum absolute atomic E-state index is 11.6. The highest BCUT2D eigenvalue weighted by Gasteiger charge is 2.10. The van der Waals surface area contributed by atoms with Gasteiger partial charge >= 0.3 is 11.9 Å². The topological polar surface area (TPSA) is 73.9 Å². The van der Waals surface area contributed by atoms with Gasteiger partial charge in [0, 0.05) is 17.5 Å². The fourth-order valence-corrected chi connectivity index (χ4v) is 1.68. The minimum atomic E-state index is -0.511. The zero-order valence-corrected chi connectivity index (χ0v) is 13.0. The number of ether oxygens (including phenoxy) is 3. The quantitative estimate of drug-likeness (QED) is 0.587. The third-order valence-electron chi connectivity index (χ3n) is 2.61. The molecule has 0 heterocycles. The molecule has 6 nitrogen and oxygen atoms in total. The standard InChI is InChI=1S/C16H21NO5/c1-4-21-15(18)10-13(11-16(19)22-5-2)17-12-6-8-14(20-3)9-7-12/h6-10,17H,4-5,11H2,1-3H3. The van der Waals surface area contributed by atoms with E-state index in [-0.39, 0.29) is 19.6 Å². The van der Waals surface area contributed by atoms with Gasteiger partial charge in [-0.15, -0.1) is 0 Å². The summed E-state index contributed by atoms with van der Waals surface area (Å²) in [7, 11) is 1.58. The molecule has 0 aliphatic rings. The summed E-state index contributed by atoms with van der Waals surface area (Å²) in [4.78, 5) is 23.2. The molecule has 0 aliphatic carbocycles. The number of hydrogen-bond acceptors (Lipinski definition) is 6. The number of hydrogen-bond donors (Lipinski definition) is 1. The molecule has 0 unspecified atom stereocenters. The number of carbonyl (C=O) groups excluding carboxylic acids is 2. The van der Waals surface area contributed by atoms with Gasteiger partial charge in [-0.3, -0.25) is 4.79 Å². The van der Waals surface area contributed by atoms with E-state index < -0.39 is 11.9 Å². The first-order chi connectivity index (χ1) is 10.6. The van der Waals surface area contributed by atoms with Crippen LogP contribution >= 0.6 is 0 Å². The predicted octanol–water partition coefficient (Wildman–Crippen LogP) is 2.51. The van der Waals surface area contributed by atoms with Crippen LogP contribution in [0.5, 0.6) is 5.75 Å². The third-order valence-corrected chi connectivity index (χ3v) is 2.61. The van der Waals surface area contributed by atoms with Crippen LogP contribution in [0.3, 0.4) is 0 Å². The number of esters is 2. The Bertz CT molecular complexity index is 522. The van der Waals surface area contributed by atoms with Gasteiger partial charge in [0.15, 0.2) is 0 Å². The summed E-state index contributed by atoms with van der Waals surface area (Å²) in [6, 6.07) is 7.11. The van der Waals surface area contributed by atoms with Gasteiger partial charge in [0.05, 0.1) is 26.7 Å². The molecule has 1 rings (SSSR count). The molecule has 22 heavy (non-hydrogen) atoms. The fraction of sp³-hybridized carbons (Fsp3) is 0.375. The molecule has 0 fully saturated rings. The Labute approximate surface area is 130 Å². The molecule has 0 saturated heterocycles. The zero-order valence-electron chi connectivity index (χ0n) is 13.0. The summed E-state index contributed by atoms with van der Waals surface area (Å²) >= 11 is 0. The van der Waals surface area contributed by atoms with Crippen LogP contribution in [0.4, 0.5) is 5.69 Å². The van der Waals surface area contributed by atoms with Crippen LogP contribution in [0.2, 0.25) is 0 Å². The van der Waals surface area contributed by atoms with Gasteiger partial charge in [-0.05, 0) is 38.1 Å². The van der Waals surface area contributed by atoms with Crippen molar-refractivity contribution in [3.63, 3.8) is 0 Å². The lowest BCUT2D eigenvalue weighted by Crippen LogP contribution is -2.12. The van der Waals surface area contributed by atoms with Gasteiger partial charge in [0.2, 0.25) is 0 Å². The van der Waals surface area contributed by atoms with Crippen molar-refractivity contribution in [3.05, 3.63) is 36.0 Å². The van der Waals surface area contributed by atoms with E-state index in [1.54, 1.807) is 45.2 Å². The van der Waals surface area contributed by atoms with Crippen molar-refractivity contribution < 1.29 is 23.8 Å². The Balaban J connectivity index is 2.83. The van der Waals surface area contributed by atoms with Crippen molar-refractivity contribution in [2.45, 2.75) is 20.3 Å². The van der Waals surface area contributed by atoms with Crippen molar-refractivity contribution in [2.24, 2.45) is 0 Å². The van der Waals surface area contributed by atoms with E-state index >= 15 is 0 Å². The highest BCUT2D eigenvalue weighted by atomic mass is 16.5. The summed E-state index contributed by atoms with van der Waals surface area (Å²) in [5.41, 5.74) is 1.13. The monoisotopic (exact) mass is 307 g/mol. The molecule has 0 radical (unpaired) electrons. The van der Waals surface area contributed by atoms with Crippen molar-refractivity contribution >= 4 is 17.6 Å². The molecule has 1 N–H and O–H groups in total. The molecule has 0 aromatic heterocycles. The molecule has 0 saturated carbocycles. The first-order valence-corrected chi connectivity index (χ1v) is 7.03. The zero-order chi connectivity index (χ0) is 16.4. The van der Waals surface area contributed by atoms with Crippen LogP contribution in [0.25, 0.3) is 0 Å². The molecule has 0 spiro atoms. The average molecular weight is 307 g/mol. The normalized spacial score (nSPS) is 10.8. The molecule has 120 valence electrons. The van der Waals surface area contributed by atoms with Crippen LogP contribution in [0, 0.1) is 0 Å². The summed E-state index contributed by atoms with van der Waals surface area (Å²) in [6.45, 7) is 4.00. The van der Waals surface area contributed by atoms with Crippen LogP contribution in [0.15, 0.2) is 36.0 Å². The summed E-state index contributed by atoms with van der Waals surface area (Å²) in [5.74, 6) is -0.214. The number of carbonyl (C=O) groups is 2. The van der Waals surface area contributed by atoms with E-state index in [0.717, 1.165) is 5.69 Å². The lowest BCUT2D eigenvalue weighted by Gasteiger charge is -2.11. The summed E-state index contributed by atoms with van der Waals surface area (Å²) < 4.78 is 14.8. The van der Waals surface area contributed by atoms with E-state index in [4.69, 9.17) is 14.2 Å². The second-order valence-corrected chi connectivity index (χ2v) is 4.26. The lowest BCUT2D eigenvalue weighted by molar-refractivity contribution is -0.142. The smallest absolute Gasteiger partial charge is 0.332 e. The fourth-order valence-electron chi connectivity index (χ4n) is 1.68. The largest absolute Gasteiger partial charge is 0.497 e. The van der Waals surface area contributed by atoms with E-state index in [1.165, 1.54) is 6.08 Å². The summed E-state index contributed by atoms with van der Waals surface area (Å²) in [6.07, 6.45) is 1.21. The number of rotatable bonds is 8. The van der Waals surface area contributed by atoms with Crippen molar-refractivity contribution in [1.82, 2.24) is 0 Å². The Morgan fingerprint density at radius 3 is 2.27 bits per heavy atom. The number of methoxy groups -OCH3 is 1. The lowest BCUT2D eigenvalue weighted by atomic mass is 10.2. The first kappa shape index (κ1) is 17.6. The predicted molar refractivity (Wildman–Crippen MR) is 82.6 cm³/mol. The number of benzene rings is 1. The maximum atomic E-state index is 11.6. The highest BCUT2D eigenvalue weighted by Crippen LogP contribution is 2.18. The van der Waals surface area contributed by atoms with Crippen LogP contribution in [-0.2, 0) is 19.1 Å². The number of anilines is 1. The second kappa shape index (κ2) is 9.44. The molecule has 0 bridgehead atoms. The van der Waals surface area contributed by atoms with Gasteiger partial charge in [-0.1, -0.05) is 0 Å². The molecule has 0 atom stereocenters. The van der Waals surface area contributed by atoms with E-state index in [9.17, 15) is 9.59 Å². The highest BCUT2D eigenvalue weighted by molar-refractivity contribution is 5.85. The van der Waals surface area contributed by atoms with Crippen LogP contribution in [0.1, 0.15) is 20.3 Å². The maximum Gasteiger partial charge on any atom is 0.332 e. The van der Waals surface area contributed by atoms with Crippen molar-refractivity contribution in [3.8, 4) is 5.75 Å². The Morgan fingerprint density at radius 1 is 1.09 bits per heavy atom. The van der Waals surface area contributed by atoms with Gasteiger partial charge in [0.25, 0.3) is 0 Å². The van der Waals surface area contributed by atoms with Crippen molar-refractivity contribution in [2.75, 3.05) is 25.6 Å². The SMILES string of the molecule is CCOC(=O)C=C(CC(=O)OCC)Nc1ccc(OC)cc1. The first-order valence-electron chi connectivity index (χ1n) is 7.03. The molecule has 1 aromatic carbocycles. The molecule has 0 amide bonds. The van der Waals surface area contributed by atoms with Gasteiger partial charge in [0.1, 0.15) is 5.75 Å². The third kappa shape index (κ3) is 6.30. The summed E-state index contributed by atoms with van der Waals surface area (Å²) in [5, 5.41) is 3.01. The van der Waals surface area contributed by atoms with Crippen LogP contribution in [-0.4, -0.2) is 32.3 Å². The molecular formula is C16H21NO5. The minimum absolute atomic E-state index is 0.0430. The van der Waals surface area contributed by atoms with E-state index in [2.05, 4.69) is 5.32 Å². The van der Waals surface area contributed by atoms with E-state index in [0.29, 0.717) is 11.4 Å². The van der Waals surface area contributed by atoms with Crippen LogP contribution < -0.4 is 10.1 Å². The number of nitrogens with one attached hydrogen (secondary N) is 1. The van der Waals surface area contributed by atoms with Gasteiger partial charge < -0.3 is 19.5 Å². The Kier molecular flexibility index (Phi) is 7.53. The average Bonchev–Trinajstić information content (AvgIpc) is 2.48. The molecular weight excluding hydrogens is 286 g/mol. The second-order valence-electron chi connectivity index (χ2n) is 4.26. The Morgan fingerprint density at radius 2 is 1.73 bits per heavy atom. The van der Waals surface area contributed by atoms with Gasteiger partial charge in [-0.25, -0.2) is 4.79 Å². The van der Waals surface area contributed by atoms with Crippen molar-refractivity contribution in [1.29, 1.82) is 0 Å². The Hall–Kier alpha value is -2.50. The molecule has 0 aliphatic heterocycles. The van der Waals surface area contributed by atoms with Gasteiger partial charge in [-0.2, -0.15) is 0 Å². The minimum Gasteiger partial charge on any atom is -0.497 e. The van der Waals surface area contributed by atoms with E-state index in [1.807, 2.05) is 0 Å². The molecule has 6 heteroatoms.